The lowest BCUT2D eigenvalue weighted by Gasteiger charge is -2.35. The van der Waals surface area contributed by atoms with Gasteiger partial charge in [0.05, 0.1) is 12.8 Å². The Balaban J connectivity index is 1.11. The van der Waals surface area contributed by atoms with E-state index in [4.69, 9.17) is 9.47 Å². The predicted octanol–water partition coefficient (Wildman–Crippen LogP) is 8.46. The number of carbonyl (C=O) groups excluding carboxylic acids is 2. The summed E-state index contributed by atoms with van der Waals surface area (Å²) >= 11 is 0. The van der Waals surface area contributed by atoms with Crippen LogP contribution in [0, 0.1) is 0 Å². The van der Waals surface area contributed by atoms with E-state index in [9.17, 15) is 9.59 Å². The van der Waals surface area contributed by atoms with Crippen molar-refractivity contribution >= 4 is 33.5 Å². The maximum absolute atomic E-state index is 13.0. The van der Waals surface area contributed by atoms with E-state index < -0.39 is 11.9 Å². The molecule has 0 aliphatic heterocycles. The third kappa shape index (κ3) is 7.61. The summed E-state index contributed by atoms with van der Waals surface area (Å²) in [7, 11) is 0. The minimum atomic E-state index is -0.423. The fraction of sp³-hybridized carbons (Fsp3) is 0.476. The number of esters is 2. The quantitative estimate of drug-likeness (QED) is 0.0953. The highest BCUT2D eigenvalue weighted by molar-refractivity contribution is 5.93. The van der Waals surface area contributed by atoms with Gasteiger partial charge in [0, 0.05) is 12.1 Å². The molecule has 6 nitrogen and oxygen atoms in total. The summed E-state index contributed by atoms with van der Waals surface area (Å²) in [5.74, 6) is 0.248. The standard InChI is InChI=1S/C42H52N2O4/c1-5-17-43(18-6-2)35-21-29-11-9-13-31-25-37(27-33(23-35)41(29)31)47-39(45)15-16-40(46)48-38-26-32-14-10-12-30-22-36(24-34(28-38)42(30)32)44(19-7-3)20-8-4/h9-14,25-28,35-36H,5-8,15-24H2,1-4H3. The van der Waals surface area contributed by atoms with Gasteiger partial charge in [-0.3, -0.25) is 19.4 Å². The first-order valence-corrected chi connectivity index (χ1v) is 18.4. The van der Waals surface area contributed by atoms with Gasteiger partial charge in [0.15, 0.2) is 0 Å². The van der Waals surface area contributed by atoms with E-state index in [1.807, 2.05) is 24.3 Å². The van der Waals surface area contributed by atoms with E-state index >= 15 is 0 Å². The van der Waals surface area contributed by atoms with Crippen molar-refractivity contribution in [3.8, 4) is 11.5 Å². The number of hydrogen-bond acceptors (Lipinski definition) is 6. The zero-order chi connectivity index (χ0) is 33.6. The molecule has 4 aromatic carbocycles. The van der Waals surface area contributed by atoms with Crippen LogP contribution in [0.3, 0.4) is 0 Å². The van der Waals surface area contributed by atoms with Crippen LogP contribution in [0.15, 0.2) is 60.7 Å². The van der Waals surface area contributed by atoms with Crippen LogP contribution in [0.5, 0.6) is 11.5 Å². The molecule has 0 heterocycles. The normalized spacial score (nSPS) is 17.0. The highest BCUT2D eigenvalue weighted by Gasteiger charge is 2.27. The highest BCUT2D eigenvalue weighted by Crippen LogP contribution is 2.37. The van der Waals surface area contributed by atoms with E-state index in [2.05, 4.69) is 73.9 Å². The maximum Gasteiger partial charge on any atom is 0.311 e. The molecule has 0 spiro atoms. The van der Waals surface area contributed by atoms with Crippen molar-refractivity contribution in [2.45, 2.75) is 104 Å². The van der Waals surface area contributed by atoms with Gasteiger partial charge in [-0.25, -0.2) is 0 Å². The van der Waals surface area contributed by atoms with Crippen LogP contribution in [0.25, 0.3) is 21.5 Å². The Kier molecular flexibility index (Phi) is 11.1. The molecular weight excluding hydrogens is 596 g/mol. The van der Waals surface area contributed by atoms with Crippen molar-refractivity contribution in [1.29, 1.82) is 0 Å². The van der Waals surface area contributed by atoms with Gasteiger partial charge in [-0.15, -0.1) is 0 Å². The molecular formula is C42H52N2O4. The van der Waals surface area contributed by atoms with Crippen molar-refractivity contribution in [3.63, 3.8) is 0 Å². The molecule has 0 aromatic heterocycles. The second-order valence-corrected chi connectivity index (χ2v) is 13.8. The summed E-state index contributed by atoms with van der Waals surface area (Å²) in [5, 5.41) is 4.78. The molecule has 48 heavy (non-hydrogen) atoms. The maximum atomic E-state index is 13.0. The Morgan fingerprint density at radius 3 is 1.31 bits per heavy atom. The average molecular weight is 649 g/mol. The van der Waals surface area contributed by atoms with E-state index in [0.29, 0.717) is 23.6 Å². The van der Waals surface area contributed by atoms with Crippen LogP contribution in [-0.4, -0.2) is 60.0 Å². The van der Waals surface area contributed by atoms with Crippen LogP contribution in [-0.2, 0) is 35.3 Å². The smallest absolute Gasteiger partial charge is 0.311 e. The molecule has 2 unspecified atom stereocenters. The first kappa shape index (κ1) is 34.1. The van der Waals surface area contributed by atoms with E-state index in [1.165, 1.54) is 33.0 Å². The zero-order valence-corrected chi connectivity index (χ0v) is 29.4. The van der Waals surface area contributed by atoms with E-state index in [1.54, 1.807) is 0 Å². The van der Waals surface area contributed by atoms with E-state index in [0.717, 1.165) is 88.3 Å². The summed E-state index contributed by atoms with van der Waals surface area (Å²) in [6.07, 6.45) is 8.43. The van der Waals surface area contributed by atoms with Crippen molar-refractivity contribution in [3.05, 3.63) is 82.9 Å². The minimum absolute atomic E-state index is 0.0364. The van der Waals surface area contributed by atoms with Gasteiger partial charge >= 0.3 is 11.9 Å². The number of benzene rings is 4. The minimum Gasteiger partial charge on any atom is -0.426 e. The molecule has 0 radical (unpaired) electrons. The summed E-state index contributed by atoms with van der Waals surface area (Å²) in [6.45, 7) is 13.3. The molecule has 2 atom stereocenters. The number of carbonyl (C=O) groups is 2. The second kappa shape index (κ2) is 15.7. The van der Waals surface area contributed by atoms with Gasteiger partial charge < -0.3 is 9.47 Å². The first-order valence-electron chi connectivity index (χ1n) is 18.4. The van der Waals surface area contributed by atoms with Gasteiger partial charge in [0.1, 0.15) is 11.5 Å². The van der Waals surface area contributed by atoms with Crippen LogP contribution < -0.4 is 9.47 Å². The largest absolute Gasteiger partial charge is 0.426 e. The number of nitrogens with zero attached hydrogens (tertiary/aromatic N) is 2. The lowest BCUT2D eigenvalue weighted by Crippen LogP contribution is -2.41. The molecule has 0 amide bonds. The van der Waals surface area contributed by atoms with Crippen LogP contribution in [0.2, 0.25) is 0 Å². The summed E-state index contributed by atoms with van der Waals surface area (Å²) < 4.78 is 11.7. The molecule has 6 heteroatoms. The zero-order valence-electron chi connectivity index (χ0n) is 29.4. The van der Waals surface area contributed by atoms with Gasteiger partial charge in [0.25, 0.3) is 0 Å². The average Bonchev–Trinajstić information content (AvgIpc) is 3.07. The second-order valence-electron chi connectivity index (χ2n) is 13.8. The SMILES string of the molecule is CCCN(CCC)C1Cc2cccc3cc(OC(=O)CCC(=O)Oc4cc5c6c(cccc6c4)CC(N(CCC)CCC)C5)cc(c23)C1. The Morgan fingerprint density at radius 2 is 0.938 bits per heavy atom. The first-order chi connectivity index (χ1) is 23.4. The monoisotopic (exact) mass is 648 g/mol. The Hall–Kier alpha value is -3.74. The van der Waals surface area contributed by atoms with E-state index in [-0.39, 0.29) is 12.8 Å². The number of hydrogen-bond donors (Lipinski definition) is 0. The third-order valence-corrected chi connectivity index (χ3v) is 10.1. The molecule has 2 aliphatic rings. The molecule has 0 fully saturated rings. The molecule has 254 valence electrons. The topological polar surface area (TPSA) is 59.1 Å². The Bertz CT molecular complexity index is 1620. The molecule has 4 aromatic rings. The van der Waals surface area contributed by atoms with Crippen LogP contribution in [0.4, 0.5) is 0 Å². The summed E-state index contributed by atoms with van der Waals surface area (Å²) in [5.41, 5.74) is 5.20. The Morgan fingerprint density at radius 1 is 0.562 bits per heavy atom. The predicted molar refractivity (Wildman–Crippen MR) is 195 cm³/mol. The molecule has 2 aliphatic carbocycles. The van der Waals surface area contributed by atoms with Gasteiger partial charge in [-0.1, -0.05) is 64.1 Å². The fourth-order valence-electron chi connectivity index (χ4n) is 8.27. The molecule has 0 saturated carbocycles. The van der Waals surface area contributed by atoms with Crippen LogP contribution in [0.1, 0.15) is 88.5 Å². The number of ether oxygens (including phenoxy) is 2. The molecule has 0 N–H and O–H groups in total. The lowest BCUT2D eigenvalue weighted by molar-refractivity contribution is -0.140. The fourth-order valence-corrected chi connectivity index (χ4v) is 8.27. The summed E-state index contributed by atoms with van der Waals surface area (Å²) in [6, 6.07) is 21.7. The Labute approximate surface area is 286 Å². The third-order valence-electron chi connectivity index (χ3n) is 10.1. The van der Waals surface area contributed by atoms with Gasteiger partial charge in [-0.2, -0.15) is 0 Å². The highest BCUT2D eigenvalue weighted by atomic mass is 16.5. The number of rotatable bonds is 15. The molecule has 0 saturated heterocycles. The lowest BCUT2D eigenvalue weighted by atomic mass is 9.84. The molecule has 6 rings (SSSR count). The van der Waals surface area contributed by atoms with Crippen molar-refractivity contribution in [2.24, 2.45) is 0 Å². The summed E-state index contributed by atoms with van der Waals surface area (Å²) in [4.78, 5) is 31.3. The van der Waals surface area contributed by atoms with Crippen molar-refractivity contribution in [1.82, 2.24) is 9.80 Å². The van der Waals surface area contributed by atoms with Gasteiger partial charge in [-0.05, 0) is 146 Å². The van der Waals surface area contributed by atoms with Gasteiger partial charge in [0.2, 0.25) is 0 Å². The van der Waals surface area contributed by atoms with Crippen molar-refractivity contribution < 1.29 is 19.1 Å². The molecule has 0 bridgehead atoms. The van der Waals surface area contributed by atoms with Crippen molar-refractivity contribution in [2.75, 3.05) is 26.2 Å². The van der Waals surface area contributed by atoms with Crippen LogP contribution >= 0.6 is 0 Å².